The van der Waals surface area contributed by atoms with Gasteiger partial charge in [-0.15, -0.1) is 0 Å². The number of nitrogen functional groups attached to an aromatic ring is 1. The van der Waals surface area contributed by atoms with Gasteiger partial charge >= 0.3 is 0 Å². The van der Waals surface area contributed by atoms with E-state index in [-0.39, 0.29) is 18.2 Å². The van der Waals surface area contributed by atoms with Crippen LogP contribution in [-0.2, 0) is 24.7 Å². The number of fused-ring (bicyclic) bond motifs is 1. The van der Waals surface area contributed by atoms with Gasteiger partial charge in [-0.3, -0.25) is 9.59 Å². The zero-order chi connectivity index (χ0) is 19.1. The van der Waals surface area contributed by atoms with Crippen LogP contribution in [0.25, 0.3) is 11.0 Å². The number of para-hydroxylation sites is 1. The molecule has 1 aliphatic rings. The summed E-state index contributed by atoms with van der Waals surface area (Å²) in [7, 11) is 1.53. The SMILES string of the molecule is COC1C=C(C)C(=O)CC(C)(C)C1(OC=O)c1cccc2[nH]c(N)nc12. The van der Waals surface area contributed by atoms with E-state index in [0.29, 0.717) is 23.1 Å². The second-order valence-electron chi connectivity index (χ2n) is 7.26. The number of hydrogen-bond donors (Lipinski definition) is 2. The van der Waals surface area contributed by atoms with Gasteiger partial charge < -0.3 is 20.2 Å². The molecule has 26 heavy (non-hydrogen) atoms. The quantitative estimate of drug-likeness (QED) is 0.814. The number of rotatable bonds is 4. The molecule has 2 aromatic rings. The minimum absolute atomic E-state index is 0.0119. The Morgan fingerprint density at radius 1 is 1.38 bits per heavy atom. The number of aromatic nitrogens is 2. The highest BCUT2D eigenvalue weighted by molar-refractivity contribution is 5.96. The number of nitrogens with one attached hydrogen (secondary N) is 1. The maximum atomic E-state index is 12.6. The molecule has 1 aromatic heterocycles. The highest BCUT2D eigenvalue weighted by Gasteiger charge is 2.57. The van der Waals surface area contributed by atoms with Crippen molar-refractivity contribution in [3.05, 3.63) is 35.4 Å². The van der Waals surface area contributed by atoms with E-state index in [9.17, 15) is 9.59 Å². The maximum Gasteiger partial charge on any atom is 0.294 e. The third-order valence-electron chi connectivity index (χ3n) is 5.27. The molecule has 0 aliphatic heterocycles. The number of benzene rings is 1. The van der Waals surface area contributed by atoms with Gasteiger partial charge in [-0.1, -0.05) is 26.0 Å². The smallest absolute Gasteiger partial charge is 0.294 e. The lowest BCUT2D eigenvalue weighted by Gasteiger charge is -2.47. The number of carbonyl (C=O) groups excluding carboxylic acids is 2. The van der Waals surface area contributed by atoms with Crippen LogP contribution in [0.2, 0.25) is 0 Å². The molecule has 0 saturated heterocycles. The van der Waals surface area contributed by atoms with Crippen molar-refractivity contribution >= 4 is 29.2 Å². The van der Waals surface area contributed by atoms with Crippen molar-refractivity contribution in [2.45, 2.75) is 38.9 Å². The van der Waals surface area contributed by atoms with E-state index in [0.717, 1.165) is 5.52 Å². The fraction of sp³-hybridized carbons (Fsp3) is 0.421. The standard InChI is InChI=1S/C19H23N3O4/c1-11-8-15(25-4)19(26-10-23,18(2,3)9-14(11)24)12-6-5-7-13-16(12)22-17(20)21-13/h5-8,10,15H,9H2,1-4H3,(H3,20,21,22). The molecule has 0 spiro atoms. The van der Waals surface area contributed by atoms with Gasteiger partial charge in [-0.05, 0) is 24.6 Å². The second kappa shape index (κ2) is 6.25. The first-order valence-corrected chi connectivity index (χ1v) is 8.37. The third kappa shape index (κ3) is 2.50. The molecule has 3 rings (SSSR count). The number of H-pyrrole nitrogens is 1. The summed E-state index contributed by atoms with van der Waals surface area (Å²) >= 11 is 0. The zero-order valence-corrected chi connectivity index (χ0v) is 15.3. The van der Waals surface area contributed by atoms with Gasteiger partial charge in [0.25, 0.3) is 6.47 Å². The molecular formula is C19H23N3O4. The summed E-state index contributed by atoms with van der Waals surface area (Å²) in [6.07, 6.45) is 1.24. The Balaban J connectivity index is 2.40. The van der Waals surface area contributed by atoms with E-state index >= 15 is 0 Å². The molecule has 3 N–H and O–H groups in total. The summed E-state index contributed by atoms with van der Waals surface area (Å²) in [5, 5.41) is 0. The van der Waals surface area contributed by atoms with Gasteiger partial charge in [0, 0.05) is 24.5 Å². The van der Waals surface area contributed by atoms with Gasteiger partial charge in [-0.25, -0.2) is 4.98 Å². The molecule has 1 aliphatic carbocycles. The van der Waals surface area contributed by atoms with Gasteiger partial charge in [0.15, 0.2) is 17.3 Å². The first-order chi connectivity index (χ1) is 12.3. The van der Waals surface area contributed by atoms with E-state index in [1.807, 2.05) is 32.0 Å². The fourth-order valence-electron chi connectivity index (χ4n) is 3.96. The molecule has 0 radical (unpaired) electrons. The summed E-state index contributed by atoms with van der Waals surface area (Å²) in [6.45, 7) is 5.93. The van der Waals surface area contributed by atoms with Crippen LogP contribution in [0.3, 0.4) is 0 Å². The number of methoxy groups -OCH3 is 1. The average molecular weight is 357 g/mol. The van der Waals surface area contributed by atoms with Crippen LogP contribution < -0.4 is 5.73 Å². The lowest BCUT2D eigenvalue weighted by Crippen LogP contribution is -2.53. The first kappa shape index (κ1) is 18.1. The third-order valence-corrected chi connectivity index (χ3v) is 5.27. The lowest BCUT2D eigenvalue weighted by atomic mass is 9.65. The summed E-state index contributed by atoms with van der Waals surface area (Å²) in [5.74, 6) is 0.249. The lowest BCUT2D eigenvalue weighted by molar-refractivity contribution is -0.188. The number of ether oxygens (including phenoxy) is 2. The van der Waals surface area contributed by atoms with Crippen molar-refractivity contribution in [1.29, 1.82) is 0 Å². The van der Waals surface area contributed by atoms with Crippen molar-refractivity contribution in [2.24, 2.45) is 5.41 Å². The number of ketones is 1. The monoisotopic (exact) mass is 357 g/mol. The first-order valence-electron chi connectivity index (χ1n) is 8.37. The topological polar surface area (TPSA) is 107 Å². The number of hydrogen-bond acceptors (Lipinski definition) is 6. The molecule has 2 atom stereocenters. The van der Waals surface area contributed by atoms with Crippen LogP contribution in [0.15, 0.2) is 29.8 Å². The van der Waals surface area contributed by atoms with Crippen LogP contribution in [0.5, 0.6) is 0 Å². The van der Waals surface area contributed by atoms with Gasteiger partial charge in [-0.2, -0.15) is 0 Å². The van der Waals surface area contributed by atoms with Gasteiger partial charge in [0.05, 0.1) is 11.0 Å². The van der Waals surface area contributed by atoms with E-state index in [2.05, 4.69) is 9.97 Å². The molecular weight excluding hydrogens is 334 g/mol. The number of Topliss-reactive ketones (excluding diaryl/α,β-unsaturated/α-hetero) is 1. The molecule has 0 fully saturated rings. The number of aromatic amines is 1. The van der Waals surface area contributed by atoms with Crippen molar-refractivity contribution in [3.63, 3.8) is 0 Å². The van der Waals surface area contributed by atoms with Gasteiger partial charge in [0.1, 0.15) is 6.10 Å². The largest absolute Gasteiger partial charge is 0.453 e. The zero-order valence-electron chi connectivity index (χ0n) is 15.3. The molecule has 1 aromatic carbocycles. The number of carbonyl (C=O) groups is 2. The summed E-state index contributed by atoms with van der Waals surface area (Å²) in [4.78, 5) is 31.5. The molecule has 7 heteroatoms. The van der Waals surface area contributed by atoms with Crippen LogP contribution in [0, 0.1) is 5.41 Å². The predicted octanol–water partition coefficient (Wildman–Crippen LogP) is 2.47. The molecule has 0 bridgehead atoms. The Morgan fingerprint density at radius 2 is 2.12 bits per heavy atom. The summed E-state index contributed by atoms with van der Waals surface area (Å²) in [5.41, 5.74) is 6.35. The number of nitrogens with two attached hydrogens (primary N) is 1. The number of imidazole rings is 1. The minimum atomic E-state index is -1.25. The van der Waals surface area contributed by atoms with Crippen LogP contribution in [0.4, 0.5) is 5.95 Å². The molecule has 0 amide bonds. The van der Waals surface area contributed by atoms with E-state index in [1.165, 1.54) is 7.11 Å². The van der Waals surface area contributed by atoms with E-state index < -0.39 is 17.1 Å². The highest BCUT2D eigenvalue weighted by atomic mass is 16.6. The summed E-state index contributed by atoms with van der Waals surface area (Å²) < 4.78 is 11.5. The Kier molecular flexibility index (Phi) is 4.36. The number of nitrogens with zero attached hydrogens (tertiary/aromatic N) is 1. The Morgan fingerprint density at radius 3 is 2.77 bits per heavy atom. The average Bonchev–Trinajstić information content (AvgIpc) is 2.94. The van der Waals surface area contributed by atoms with Crippen molar-refractivity contribution < 1.29 is 19.1 Å². The molecule has 1 heterocycles. The van der Waals surface area contributed by atoms with Crippen molar-refractivity contribution in [3.8, 4) is 0 Å². The van der Waals surface area contributed by atoms with Crippen LogP contribution >= 0.6 is 0 Å². The van der Waals surface area contributed by atoms with Crippen molar-refractivity contribution in [2.75, 3.05) is 12.8 Å². The number of allylic oxidation sites excluding steroid dienone is 1. The van der Waals surface area contributed by atoms with Crippen molar-refractivity contribution in [1.82, 2.24) is 9.97 Å². The molecule has 2 unspecified atom stereocenters. The molecule has 138 valence electrons. The van der Waals surface area contributed by atoms with Crippen LogP contribution in [-0.4, -0.2) is 35.4 Å². The van der Waals surface area contributed by atoms with Gasteiger partial charge in [0.2, 0.25) is 0 Å². The maximum absolute atomic E-state index is 12.6. The minimum Gasteiger partial charge on any atom is -0.453 e. The molecule has 7 nitrogen and oxygen atoms in total. The second-order valence-corrected chi connectivity index (χ2v) is 7.26. The fourth-order valence-corrected chi connectivity index (χ4v) is 3.96. The van der Waals surface area contributed by atoms with Crippen LogP contribution in [0.1, 0.15) is 32.8 Å². The Hall–Kier alpha value is -2.67. The Labute approximate surface area is 151 Å². The summed E-state index contributed by atoms with van der Waals surface area (Å²) in [6, 6.07) is 5.50. The number of anilines is 1. The molecule has 0 saturated carbocycles. The predicted molar refractivity (Wildman–Crippen MR) is 97.3 cm³/mol. The Bertz CT molecular complexity index is 899. The van der Waals surface area contributed by atoms with E-state index in [4.69, 9.17) is 15.2 Å². The highest BCUT2D eigenvalue weighted by Crippen LogP contribution is 2.52. The van der Waals surface area contributed by atoms with E-state index in [1.54, 1.807) is 13.0 Å². The normalized spacial score (nSPS) is 25.6.